The van der Waals surface area contributed by atoms with E-state index in [1.54, 1.807) is 4.31 Å². The van der Waals surface area contributed by atoms with Gasteiger partial charge in [0.1, 0.15) is 0 Å². The average Bonchev–Trinajstić information content (AvgIpc) is 2.61. The lowest BCUT2D eigenvalue weighted by atomic mass is 9.88. The minimum Gasteiger partial charge on any atom is -0.256 e. The Balaban J connectivity index is 1.70. The highest BCUT2D eigenvalue weighted by atomic mass is 32.2. The van der Waals surface area contributed by atoms with Crippen LogP contribution in [0.3, 0.4) is 0 Å². The number of para-hydroxylation sites is 1. The molecule has 0 N–H and O–H groups in total. The molecule has 0 amide bonds. The van der Waals surface area contributed by atoms with Crippen molar-refractivity contribution >= 4 is 20.9 Å². The molecule has 6 heteroatoms. The molecule has 126 valence electrons. The second kappa shape index (κ2) is 7.29. The van der Waals surface area contributed by atoms with Gasteiger partial charge in [0.15, 0.2) is 0 Å². The summed E-state index contributed by atoms with van der Waals surface area (Å²) in [5, 5.41) is 9.72. The summed E-state index contributed by atoms with van der Waals surface area (Å²) in [6.45, 7) is 1.10. The number of piperidine rings is 1. The first-order valence-corrected chi connectivity index (χ1v) is 9.91. The van der Waals surface area contributed by atoms with E-state index in [1.165, 1.54) is 5.56 Å². The molecule has 24 heavy (non-hydrogen) atoms. The van der Waals surface area contributed by atoms with Gasteiger partial charge in [0, 0.05) is 31.1 Å². The topological polar surface area (TPSA) is 74.1 Å². The second-order valence-corrected chi connectivity index (χ2v) is 8.26. The Morgan fingerprint density at radius 2 is 1.96 bits per heavy atom. The number of nitriles is 1. The zero-order chi connectivity index (χ0) is 17.0. The smallest absolute Gasteiger partial charge is 0.214 e. The van der Waals surface area contributed by atoms with E-state index >= 15 is 0 Å². The Kier molecular flexibility index (Phi) is 5.12. The summed E-state index contributed by atoms with van der Waals surface area (Å²) in [4.78, 5) is 4.40. The number of sulfonamides is 1. The predicted octanol–water partition coefficient (Wildman–Crippen LogP) is 3.05. The zero-order valence-corrected chi connectivity index (χ0v) is 14.4. The molecule has 2 aromatic rings. The molecule has 0 spiro atoms. The van der Waals surface area contributed by atoms with Crippen molar-refractivity contribution in [3.63, 3.8) is 0 Å². The van der Waals surface area contributed by atoms with Crippen LogP contribution in [-0.2, 0) is 10.0 Å². The van der Waals surface area contributed by atoms with Crippen molar-refractivity contribution in [1.82, 2.24) is 9.29 Å². The van der Waals surface area contributed by atoms with Crippen LogP contribution in [-0.4, -0.2) is 36.5 Å². The highest BCUT2D eigenvalue weighted by Gasteiger charge is 2.28. The molecule has 0 unspecified atom stereocenters. The zero-order valence-electron chi connectivity index (χ0n) is 13.6. The van der Waals surface area contributed by atoms with Crippen LogP contribution in [0, 0.1) is 11.3 Å². The van der Waals surface area contributed by atoms with Gasteiger partial charge in [-0.1, -0.05) is 18.2 Å². The van der Waals surface area contributed by atoms with Crippen LogP contribution in [0.1, 0.15) is 37.2 Å². The lowest BCUT2D eigenvalue weighted by Gasteiger charge is -2.31. The van der Waals surface area contributed by atoms with E-state index in [4.69, 9.17) is 5.26 Å². The monoisotopic (exact) mass is 343 g/mol. The van der Waals surface area contributed by atoms with Crippen molar-refractivity contribution in [2.45, 2.75) is 31.6 Å². The Labute approximate surface area is 143 Å². The first kappa shape index (κ1) is 16.9. The number of rotatable bonds is 5. The van der Waals surface area contributed by atoms with Crippen molar-refractivity contribution < 1.29 is 8.42 Å². The Morgan fingerprint density at radius 3 is 2.71 bits per heavy atom. The van der Waals surface area contributed by atoms with E-state index in [9.17, 15) is 8.42 Å². The van der Waals surface area contributed by atoms with Crippen molar-refractivity contribution in [3.8, 4) is 6.07 Å². The number of aromatic nitrogens is 1. The number of benzene rings is 1. The maximum atomic E-state index is 12.3. The van der Waals surface area contributed by atoms with Crippen LogP contribution < -0.4 is 0 Å². The summed E-state index contributed by atoms with van der Waals surface area (Å²) in [5.74, 6) is 0.437. The van der Waals surface area contributed by atoms with Gasteiger partial charge < -0.3 is 0 Å². The van der Waals surface area contributed by atoms with Crippen LogP contribution in [0.15, 0.2) is 36.5 Å². The normalized spacial score (nSPS) is 17.0. The summed E-state index contributed by atoms with van der Waals surface area (Å²) in [5.41, 5.74) is 2.25. The third-order valence-electron chi connectivity index (χ3n) is 4.66. The van der Waals surface area contributed by atoms with Crippen LogP contribution >= 0.6 is 0 Å². The summed E-state index contributed by atoms with van der Waals surface area (Å²) in [6.07, 6.45) is 4.19. The van der Waals surface area contributed by atoms with Crippen LogP contribution in [0.2, 0.25) is 0 Å². The second-order valence-electron chi connectivity index (χ2n) is 6.17. The third kappa shape index (κ3) is 3.58. The van der Waals surface area contributed by atoms with E-state index in [1.807, 2.05) is 30.5 Å². The molecule has 1 aliphatic rings. The van der Waals surface area contributed by atoms with Crippen molar-refractivity contribution in [3.05, 3.63) is 42.1 Å². The van der Waals surface area contributed by atoms with Gasteiger partial charge >= 0.3 is 0 Å². The van der Waals surface area contributed by atoms with Gasteiger partial charge in [-0.05, 0) is 42.9 Å². The van der Waals surface area contributed by atoms with Gasteiger partial charge in [0.2, 0.25) is 10.0 Å². The fraction of sp³-hybridized carbons (Fsp3) is 0.444. The molecule has 0 radical (unpaired) electrons. The number of fused-ring (bicyclic) bond motifs is 1. The minimum atomic E-state index is -3.23. The van der Waals surface area contributed by atoms with Crippen LogP contribution in [0.4, 0.5) is 0 Å². The molecular weight excluding hydrogens is 322 g/mol. The maximum absolute atomic E-state index is 12.3. The molecule has 1 aliphatic heterocycles. The van der Waals surface area contributed by atoms with Crippen molar-refractivity contribution in [2.24, 2.45) is 0 Å². The number of hydrogen-bond donors (Lipinski definition) is 0. The molecule has 0 bridgehead atoms. The number of unbranched alkanes of at least 4 members (excludes halogenated alkanes) is 1. The average molecular weight is 343 g/mol. The van der Waals surface area contributed by atoms with E-state index in [2.05, 4.69) is 17.1 Å². The minimum absolute atomic E-state index is 0.0728. The first-order valence-electron chi connectivity index (χ1n) is 8.30. The Bertz CT molecular complexity index is 845. The fourth-order valence-electron chi connectivity index (χ4n) is 3.38. The van der Waals surface area contributed by atoms with E-state index in [0.717, 1.165) is 23.7 Å². The quantitative estimate of drug-likeness (QED) is 0.782. The predicted molar refractivity (Wildman–Crippen MR) is 93.9 cm³/mol. The van der Waals surface area contributed by atoms with Gasteiger partial charge in [-0.15, -0.1) is 0 Å². The summed E-state index contributed by atoms with van der Waals surface area (Å²) < 4.78 is 26.2. The largest absolute Gasteiger partial charge is 0.256 e. The maximum Gasteiger partial charge on any atom is 0.214 e. The molecular formula is C18H21N3O2S. The van der Waals surface area contributed by atoms with Gasteiger partial charge in [-0.3, -0.25) is 4.98 Å². The van der Waals surface area contributed by atoms with Crippen molar-refractivity contribution in [1.29, 1.82) is 5.26 Å². The number of nitrogens with zero attached hydrogens (tertiary/aromatic N) is 3. The molecule has 3 rings (SSSR count). The van der Waals surface area contributed by atoms with Gasteiger partial charge in [-0.2, -0.15) is 5.26 Å². The Morgan fingerprint density at radius 1 is 1.21 bits per heavy atom. The van der Waals surface area contributed by atoms with Gasteiger partial charge in [0.05, 0.1) is 17.3 Å². The standard InChI is InChI=1S/C18H21N3O2S/c19-10-3-4-14-24(22,23)21-12-8-15(9-13-21)16-7-11-20-18-6-2-1-5-17(16)18/h1-2,5-7,11,15H,3-4,8-9,12-14H2. The molecule has 0 saturated carbocycles. The molecule has 1 saturated heterocycles. The molecule has 5 nitrogen and oxygen atoms in total. The van der Waals surface area contributed by atoms with Gasteiger partial charge in [-0.25, -0.2) is 12.7 Å². The summed E-state index contributed by atoms with van der Waals surface area (Å²) in [6, 6.07) is 12.2. The molecule has 1 aromatic heterocycles. The highest BCUT2D eigenvalue weighted by molar-refractivity contribution is 7.89. The SMILES string of the molecule is N#CCCCS(=O)(=O)N1CCC(c2ccnc3ccccc23)CC1. The van der Waals surface area contributed by atoms with E-state index in [0.29, 0.717) is 31.8 Å². The summed E-state index contributed by atoms with van der Waals surface area (Å²) in [7, 11) is -3.23. The third-order valence-corrected chi connectivity index (χ3v) is 6.62. The fourth-order valence-corrected chi connectivity index (χ4v) is 4.92. The first-order chi connectivity index (χ1) is 11.6. The van der Waals surface area contributed by atoms with Crippen molar-refractivity contribution in [2.75, 3.05) is 18.8 Å². The van der Waals surface area contributed by atoms with Gasteiger partial charge in [0.25, 0.3) is 0 Å². The van der Waals surface area contributed by atoms with Crippen LogP contribution in [0.25, 0.3) is 10.9 Å². The number of pyridine rings is 1. The molecule has 1 fully saturated rings. The van der Waals surface area contributed by atoms with E-state index in [-0.39, 0.29) is 5.75 Å². The van der Waals surface area contributed by atoms with Crippen LogP contribution in [0.5, 0.6) is 0 Å². The summed E-state index contributed by atoms with van der Waals surface area (Å²) >= 11 is 0. The number of hydrogen-bond acceptors (Lipinski definition) is 4. The molecule has 0 atom stereocenters. The molecule has 0 aliphatic carbocycles. The highest BCUT2D eigenvalue weighted by Crippen LogP contribution is 2.33. The lowest BCUT2D eigenvalue weighted by Crippen LogP contribution is -2.39. The van der Waals surface area contributed by atoms with E-state index < -0.39 is 10.0 Å². The lowest BCUT2D eigenvalue weighted by molar-refractivity contribution is 0.320. The Hall–Kier alpha value is -1.97. The molecule has 1 aromatic carbocycles. The molecule has 2 heterocycles.